The number of nitrogens with one attached hydrogen (secondary N) is 1. The van der Waals surface area contributed by atoms with Crippen LogP contribution in [0, 0.1) is 5.92 Å². The summed E-state index contributed by atoms with van der Waals surface area (Å²) >= 11 is 0. The van der Waals surface area contributed by atoms with Crippen molar-refractivity contribution in [2.45, 2.75) is 12.8 Å². The Morgan fingerprint density at radius 3 is 2.94 bits per heavy atom. The zero-order valence-electron chi connectivity index (χ0n) is 9.84. The van der Waals surface area contributed by atoms with E-state index in [0.29, 0.717) is 0 Å². The van der Waals surface area contributed by atoms with E-state index in [2.05, 4.69) is 39.1 Å². The minimum absolute atomic E-state index is 0.758. The molecule has 2 heterocycles. The van der Waals surface area contributed by atoms with Gasteiger partial charge in [0.2, 0.25) is 0 Å². The molecular weight excluding hydrogens is 210 g/mol. The summed E-state index contributed by atoms with van der Waals surface area (Å²) in [7, 11) is 0. The monoisotopic (exact) mass is 227 g/mol. The quantitative estimate of drug-likeness (QED) is 0.869. The Morgan fingerprint density at radius 2 is 2.18 bits per heavy atom. The number of hydrogen-bond donors (Lipinski definition) is 1. The highest BCUT2D eigenvalue weighted by molar-refractivity contribution is 5.33. The van der Waals surface area contributed by atoms with Crippen molar-refractivity contribution in [3.63, 3.8) is 0 Å². The van der Waals surface area contributed by atoms with Crippen LogP contribution in [0.3, 0.4) is 0 Å². The normalized spacial score (nSPS) is 19.6. The molecule has 1 aliphatic rings. The molecule has 1 saturated heterocycles. The fourth-order valence-electron chi connectivity index (χ4n) is 2.48. The average Bonchev–Trinajstić information content (AvgIpc) is 3.02. The first-order chi connectivity index (χ1) is 8.43. The van der Waals surface area contributed by atoms with Gasteiger partial charge < -0.3 is 9.88 Å². The van der Waals surface area contributed by atoms with E-state index in [1.54, 1.807) is 0 Å². The Bertz CT molecular complexity index is 469. The number of aromatic nitrogens is 2. The lowest BCUT2D eigenvalue weighted by Crippen LogP contribution is -2.12. The molecule has 1 fully saturated rings. The molecule has 2 aromatic rings. The van der Waals surface area contributed by atoms with Crippen molar-refractivity contribution in [1.82, 2.24) is 14.9 Å². The Labute approximate surface area is 101 Å². The van der Waals surface area contributed by atoms with Crippen molar-refractivity contribution in [2.75, 3.05) is 13.1 Å². The molecule has 0 aliphatic carbocycles. The van der Waals surface area contributed by atoms with Gasteiger partial charge in [0.05, 0.1) is 6.33 Å². The van der Waals surface area contributed by atoms with Gasteiger partial charge in [0.15, 0.2) is 0 Å². The third-order valence-electron chi connectivity index (χ3n) is 3.41. The van der Waals surface area contributed by atoms with Gasteiger partial charge in [-0.15, -0.1) is 0 Å². The number of benzene rings is 1. The average molecular weight is 227 g/mol. The molecule has 0 spiro atoms. The van der Waals surface area contributed by atoms with E-state index < -0.39 is 0 Å². The predicted octanol–water partition coefficient (Wildman–Crippen LogP) is 2.02. The van der Waals surface area contributed by atoms with E-state index in [-0.39, 0.29) is 0 Å². The summed E-state index contributed by atoms with van der Waals surface area (Å²) in [5, 5.41) is 3.41. The number of para-hydroxylation sites is 1. The number of nitrogens with zero attached hydrogens (tertiary/aromatic N) is 2. The predicted molar refractivity (Wildman–Crippen MR) is 68.2 cm³/mol. The lowest BCUT2D eigenvalue weighted by Gasteiger charge is -2.11. The van der Waals surface area contributed by atoms with Crippen LogP contribution in [-0.4, -0.2) is 22.6 Å². The van der Waals surface area contributed by atoms with Gasteiger partial charge in [-0.05, 0) is 44.0 Å². The highest BCUT2D eigenvalue weighted by Gasteiger charge is 2.17. The molecule has 1 aromatic heterocycles. The van der Waals surface area contributed by atoms with Gasteiger partial charge in [-0.1, -0.05) is 18.2 Å². The van der Waals surface area contributed by atoms with E-state index in [9.17, 15) is 0 Å². The molecule has 0 saturated carbocycles. The zero-order chi connectivity index (χ0) is 11.5. The molecule has 1 aliphatic heterocycles. The first kappa shape index (κ1) is 10.5. The first-order valence-electron chi connectivity index (χ1n) is 6.21. The minimum atomic E-state index is 0.758. The molecule has 1 unspecified atom stereocenters. The Hall–Kier alpha value is -1.61. The maximum Gasteiger partial charge on any atom is 0.0994 e. The van der Waals surface area contributed by atoms with Crippen LogP contribution >= 0.6 is 0 Å². The van der Waals surface area contributed by atoms with Gasteiger partial charge in [0.1, 0.15) is 0 Å². The Kier molecular flexibility index (Phi) is 2.92. The van der Waals surface area contributed by atoms with Gasteiger partial charge in [-0.25, -0.2) is 4.98 Å². The third kappa shape index (κ3) is 2.24. The summed E-state index contributed by atoms with van der Waals surface area (Å²) in [6.45, 7) is 2.30. The van der Waals surface area contributed by atoms with Gasteiger partial charge in [0, 0.05) is 17.6 Å². The number of hydrogen-bond acceptors (Lipinski definition) is 2. The lowest BCUT2D eigenvalue weighted by molar-refractivity contribution is 0.566. The summed E-state index contributed by atoms with van der Waals surface area (Å²) in [6.07, 6.45) is 6.29. The summed E-state index contributed by atoms with van der Waals surface area (Å²) in [4.78, 5) is 4.28. The van der Waals surface area contributed by atoms with E-state index in [1.165, 1.54) is 17.8 Å². The second-order valence-corrected chi connectivity index (χ2v) is 4.65. The summed E-state index contributed by atoms with van der Waals surface area (Å²) < 4.78 is 2.19. The van der Waals surface area contributed by atoms with Crippen LogP contribution in [0.25, 0.3) is 5.69 Å². The minimum Gasteiger partial charge on any atom is -0.316 e. The second-order valence-electron chi connectivity index (χ2n) is 4.65. The van der Waals surface area contributed by atoms with Gasteiger partial charge in [-0.3, -0.25) is 0 Å². The van der Waals surface area contributed by atoms with E-state index in [0.717, 1.165) is 25.4 Å². The Balaban J connectivity index is 1.84. The van der Waals surface area contributed by atoms with Crippen LogP contribution < -0.4 is 5.32 Å². The molecule has 3 rings (SSSR count). The molecular formula is C14H17N3. The fraction of sp³-hybridized carbons (Fsp3) is 0.357. The highest BCUT2D eigenvalue weighted by atomic mass is 15.0. The van der Waals surface area contributed by atoms with Crippen LogP contribution in [-0.2, 0) is 6.42 Å². The van der Waals surface area contributed by atoms with Crippen molar-refractivity contribution >= 4 is 0 Å². The van der Waals surface area contributed by atoms with Crippen molar-refractivity contribution in [3.05, 3.63) is 48.5 Å². The van der Waals surface area contributed by atoms with E-state index in [1.807, 2.05) is 18.6 Å². The van der Waals surface area contributed by atoms with Crippen LogP contribution in [0.2, 0.25) is 0 Å². The van der Waals surface area contributed by atoms with Crippen molar-refractivity contribution < 1.29 is 0 Å². The standard InChI is InChI=1S/C14H17N3/c1-2-4-13(5-3-1)17-11-16-10-14(17)8-12-6-7-15-9-12/h1-5,10-12,15H,6-9H2. The summed E-state index contributed by atoms with van der Waals surface area (Å²) in [5.74, 6) is 0.758. The molecule has 0 amide bonds. The fourth-order valence-corrected chi connectivity index (χ4v) is 2.48. The molecule has 0 radical (unpaired) electrons. The van der Waals surface area contributed by atoms with E-state index in [4.69, 9.17) is 0 Å². The largest absolute Gasteiger partial charge is 0.316 e. The second kappa shape index (κ2) is 4.72. The first-order valence-corrected chi connectivity index (χ1v) is 6.21. The molecule has 1 N–H and O–H groups in total. The smallest absolute Gasteiger partial charge is 0.0994 e. The molecule has 1 aromatic carbocycles. The van der Waals surface area contributed by atoms with Crippen molar-refractivity contribution in [2.24, 2.45) is 5.92 Å². The number of imidazole rings is 1. The van der Waals surface area contributed by atoms with Gasteiger partial charge >= 0.3 is 0 Å². The molecule has 17 heavy (non-hydrogen) atoms. The van der Waals surface area contributed by atoms with Gasteiger partial charge in [-0.2, -0.15) is 0 Å². The van der Waals surface area contributed by atoms with Crippen LogP contribution in [0.5, 0.6) is 0 Å². The zero-order valence-corrected chi connectivity index (χ0v) is 9.84. The van der Waals surface area contributed by atoms with Crippen LogP contribution in [0.1, 0.15) is 12.1 Å². The topological polar surface area (TPSA) is 29.9 Å². The molecule has 3 nitrogen and oxygen atoms in total. The third-order valence-corrected chi connectivity index (χ3v) is 3.41. The van der Waals surface area contributed by atoms with Crippen LogP contribution in [0.15, 0.2) is 42.9 Å². The molecule has 0 bridgehead atoms. The summed E-state index contributed by atoms with van der Waals surface area (Å²) in [5.41, 5.74) is 2.51. The molecule has 88 valence electrons. The van der Waals surface area contributed by atoms with Crippen LogP contribution in [0.4, 0.5) is 0 Å². The lowest BCUT2D eigenvalue weighted by atomic mass is 10.0. The molecule has 1 atom stereocenters. The summed E-state index contributed by atoms with van der Waals surface area (Å²) in [6, 6.07) is 10.4. The highest BCUT2D eigenvalue weighted by Crippen LogP contribution is 2.17. The Morgan fingerprint density at radius 1 is 1.29 bits per heavy atom. The van der Waals surface area contributed by atoms with Crippen molar-refractivity contribution in [3.8, 4) is 5.69 Å². The van der Waals surface area contributed by atoms with E-state index >= 15 is 0 Å². The van der Waals surface area contributed by atoms with Crippen molar-refractivity contribution in [1.29, 1.82) is 0 Å². The maximum absolute atomic E-state index is 4.28. The number of rotatable bonds is 3. The maximum atomic E-state index is 4.28. The SMILES string of the molecule is c1ccc(-n2cncc2CC2CCNC2)cc1. The van der Waals surface area contributed by atoms with Gasteiger partial charge in [0.25, 0.3) is 0 Å². The molecule has 3 heteroatoms.